The van der Waals surface area contributed by atoms with Gasteiger partial charge in [0.2, 0.25) is 0 Å². The largest absolute Gasteiger partial charge is 0.460 e. The van der Waals surface area contributed by atoms with Crippen LogP contribution in [0.25, 0.3) is 0 Å². The van der Waals surface area contributed by atoms with E-state index >= 15 is 0 Å². The van der Waals surface area contributed by atoms with E-state index in [1.807, 2.05) is 45.9 Å². The van der Waals surface area contributed by atoms with Crippen LogP contribution in [0.1, 0.15) is 38.3 Å². The Bertz CT molecular complexity index is 527. The van der Waals surface area contributed by atoms with Crippen molar-refractivity contribution < 1.29 is 14.3 Å². The lowest BCUT2D eigenvalue weighted by Gasteiger charge is -2.23. The number of ether oxygens (including phenoxy) is 1. The maximum absolute atomic E-state index is 12.0. The van der Waals surface area contributed by atoms with Gasteiger partial charge in [-0.15, -0.1) is 0 Å². The number of carbonyl (C=O) groups is 2. The lowest BCUT2D eigenvalue weighted by Crippen LogP contribution is -2.38. The van der Waals surface area contributed by atoms with Crippen LogP contribution in [0.4, 0.5) is 5.69 Å². The van der Waals surface area contributed by atoms with Crippen LogP contribution in [-0.2, 0) is 20.7 Å². The Hall–Kier alpha value is -1.82. The standard InChI is InChI=1S/C16H25BN2O3/c1-11-5-6-13(18)7-12(11)8-14(19-17-10-20)9-15(21)22-16(2,3)4/h5-7,10,14,17,19H,8-9,18H2,1-4H3/t14-/m0/s1. The van der Waals surface area contributed by atoms with E-state index in [0.717, 1.165) is 17.3 Å². The lowest BCUT2D eigenvalue weighted by molar-refractivity contribution is -0.155. The molecule has 1 aromatic carbocycles. The highest BCUT2D eigenvalue weighted by molar-refractivity contribution is 6.64. The molecule has 0 saturated heterocycles. The molecule has 1 rings (SSSR count). The summed E-state index contributed by atoms with van der Waals surface area (Å²) in [6, 6.07) is 5.54. The van der Waals surface area contributed by atoms with Crippen molar-refractivity contribution in [2.75, 3.05) is 5.73 Å². The molecular weight excluding hydrogens is 279 g/mol. The summed E-state index contributed by atoms with van der Waals surface area (Å²) in [6.45, 7) is 7.50. The van der Waals surface area contributed by atoms with Crippen LogP contribution in [-0.4, -0.2) is 31.2 Å². The maximum Gasteiger partial charge on any atom is 0.307 e. The first-order valence-electron chi connectivity index (χ1n) is 7.45. The summed E-state index contributed by atoms with van der Waals surface area (Å²) in [5, 5.41) is 3.07. The van der Waals surface area contributed by atoms with E-state index < -0.39 is 5.60 Å². The molecule has 0 aliphatic rings. The van der Waals surface area contributed by atoms with Crippen LogP contribution in [0.5, 0.6) is 0 Å². The summed E-state index contributed by atoms with van der Waals surface area (Å²) >= 11 is 0. The fourth-order valence-corrected chi connectivity index (χ4v) is 2.19. The van der Waals surface area contributed by atoms with Crippen molar-refractivity contribution in [2.45, 2.75) is 52.2 Å². The van der Waals surface area contributed by atoms with E-state index in [1.54, 1.807) is 0 Å². The summed E-state index contributed by atoms with van der Waals surface area (Å²) in [7, 11) is 0.203. The Morgan fingerprint density at radius 3 is 2.73 bits per heavy atom. The topological polar surface area (TPSA) is 81.4 Å². The summed E-state index contributed by atoms with van der Waals surface area (Å²) in [5.74, 6) is -0.280. The van der Waals surface area contributed by atoms with Crippen molar-refractivity contribution in [3.05, 3.63) is 29.3 Å². The number of nitrogens with two attached hydrogens (primary N) is 1. The van der Waals surface area contributed by atoms with E-state index in [2.05, 4.69) is 5.23 Å². The van der Waals surface area contributed by atoms with E-state index in [0.29, 0.717) is 12.1 Å². The third-order valence-corrected chi connectivity index (χ3v) is 3.16. The van der Waals surface area contributed by atoms with Gasteiger partial charge < -0.3 is 20.5 Å². The highest BCUT2D eigenvalue weighted by Crippen LogP contribution is 2.17. The van der Waals surface area contributed by atoms with Crippen molar-refractivity contribution in [1.29, 1.82) is 0 Å². The van der Waals surface area contributed by atoms with Gasteiger partial charge in [0.1, 0.15) is 5.60 Å². The zero-order chi connectivity index (χ0) is 16.8. The molecule has 3 N–H and O–H groups in total. The quantitative estimate of drug-likeness (QED) is 0.344. The Balaban J connectivity index is 2.77. The van der Waals surface area contributed by atoms with Gasteiger partial charge in [0.25, 0.3) is 7.41 Å². The van der Waals surface area contributed by atoms with E-state index in [-0.39, 0.29) is 25.8 Å². The molecule has 0 spiro atoms. The smallest absolute Gasteiger partial charge is 0.307 e. The molecule has 0 fully saturated rings. The van der Waals surface area contributed by atoms with Gasteiger partial charge in [0.05, 0.1) is 12.6 Å². The molecule has 0 aromatic heterocycles. The molecule has 0 heterocycles. The molecule has 5 nitrogen and oxygen atoms in total. The number of hydrogen-bond donors (Lipinski definition) is 2. The van der Waals surface area contributed by atoms with Crippen molar-refractivity contribution in [1.82, 2.24) is 5.23 Å². The number of hydrogen-bond acceptors (Lipinski definition) is 5. The first-order valence-corrected chi connectivity index (χ1v) is 7.45. The summed E-state index contributed by atoms with van der Waals surface area (Å²) in [4.78, 5) is 22.6. The molecular formula is C16H25BN2O3. The fraction of sp³-hybridized carbons (Fsp3) is 0.500. The molecule has 0 bridgehead atoms. The number of nitrogen functional groups attached to an aromatic ring is 1. The first kappa shape index (κ1) is 18.2. The minimum Gasteiger partial charge on any atom is -0.460 e. The van der Waals surface area contributed by atoms with Gasteiger partial charge in [0, 0.05) is 11.7 Å². The molecule has 1 aromatic rings. The second-order valence-corrected chi connectivity index (χ2v) is 6.45. The number of anilines is 1. The molecule has 0 radical (unpaired) electrons. The van der Waals surface area contributed by atoms with Crippen molar-refractivity contribution in [2.24, 2.45) is 0 Å². The van der Waals surface area contributed by atoms with Crippen LogP contribution >= 0.6 is 0 Å². The predicted molar refractivity (Wildman–Crippen MR) is 90.6 cm³/mol. The van der Waals surface area contributed by atoms with E-state index in [4.69, 9.17) is 10.5 Å². The number of benzene rings is 1. The molecule has 0 amide bonds. The van der Waals surface area contributed by atoms with Crippen molar-refractivity contribution >= 4 is 25.3 Å². The van der Waals surface area contributed by atoms with Crippen LogP contribution in [0, 0.1) is 6.92 Å². The fourth-order valence-electron chi connectivity index (χ4n) is 2.19. The normalized spacial score (nSPS) is 12.5. The summed E-state index contributed by atoms with van der Waals surface area (Å²) in [5.41, 5.74) is 8.16. The Labute approximate surface area is 132 Å². The van der Waals surface area contributed by atoms with Gasteiger partial charge in [-0.3, -0.25) is 4.79 Å². The molecule has 0 saturated carbocycles. The number of rotatable bonds is 7. The third kappa shape index (κ3) is 6.76. The van der Waals surface area contributed by atoms with Crippen molar-refractivity contribution in [3.63, 3.8) is 0 Å². The number of esters is 1. The van der Waals surface area contributed by atoms with Gasteiger partial charge in [-0.25, -0.2) is 0 Å². The van der Waals surface area contributed by atoms with Gasteiger partial charge in [-0.05, 0) is 57.4 Å². The third-order valence-electron chi connectivity index (χ3n) is 3.16. The maximum atomic E-state index is 12.0. The Morgan fingerprint density at radius 2 is 2.14 bits per heavy atom. The summed E-state index contributed by atoms with van der Waals surface area (Å²) < 4.78 is 5.35. The van der Waals surface area contributed by atoms with Crippen LogP contribution in [0.15, 0.2) is 18.2 Å². The zero-order valence-corrected chi connectivity index (χ0v) is 13.8. The average Bonchev–Trinajstić information content (AvgIpc) is 2.38. The second-order valence-electron chi connectivity index (χ2n) is 6.45. The Morgan fingerprint density at radius 1 is 1.45 bits per heavy atom. The second kappa shape index (κ2) is 7.99. The van der Waals surface area contributed by atoms with E-state index in [9.17, 15) is 9.59 Å². The average molecular weight is 304 g/mol. The van der Waals surface area contributed by atoms with Gasteiger partial charge in [-0.1, -0.05) is 6.07 Å². The van der Waals surface area contributed by atoms with Gasteiger partial charge in [0.15, 0.2) is 0 Å². The number of aryl methyl sites for hydroxylation is 1. The predicted octanol–water partition coefficient (Wildman–Crippen LogP) is 1.35. The van der Waals surface area contributed by atoms with Crippen LogP contribution in [0.2, 0.25) is 0 Å². The lowest BCUT2D eigenvalue weighted by atomic mass is 9.91. The number of nitrogens with one attached hydrogen (secondary N) is 1. The minimum absolute atomic E-state index is 0.166. The SMILES string of the molecule is Cc1ccc(N)cc1C[C@@H](CC(=O)OC(C)(C)C)NBC=O. The molecule has 120 valence electrons. The van der Waals surface area contributed by atoms with Crippen molar-refractivity contribution in [3.8, 4) is 0 Å². The van der Waals surface area contributed by atoms with Crippen LogP contribution < -0.4 is 11.0 Å². The molecule has 22 heavy (non-hydrogen) atoms. The monoisotopic (exact) mass is 304 g/mol. The molecule has 1 atom stereocenters. The van der Waals surface area contributed by atoms with Gasteiger partial charge in [-0.2, -0.15) is 0 Å². The zero-order valence-electron chi connectivity index (χ0n) is 13.8. The first-order chi connectivity index (χ1) is 10.2. The highest BCUT2D eigenvalue weighted by Gasteiger charge is 2.21. The summed E-state index contributed by atoms with van der Waals surface area (Å²) in [6.07, 6.45) is 1.61. The van der Waals surface area contributed by atoms with E-state index in [1.165, 1.54) is 0 Å². The minimum atomic E-state index is -0.514. The van der Waals surface area contributed by atoms with Gasteiger partial charge >= 0.3 is 5.97 Å². The number of carbonyl (C=O) groups excluding carboxylic acids is 2. The molecule has 0 unspecified atom stereocenters. The highest BCUT2D eigenvalue weighted by atomic mass is 16.6. The van der Waals surface area contributed by atoms with Crippen LogP contribution in [0.3, 0.4) is 0 Å². The Kier molecular flexibility index (Phi) is 6.62. The molecule has 0 aliphatic heterocycles. The molecule has 0 aliphatic carbocycles. The molecule has 6 heteroatoms.